The summed E-state index contributed by atoms with van der Waals surface area (Å²) >= 11 is 0. The zero-order valence-electron chi connectivity index (χ0n) is 15.9. The van der Waals surface area contributed by atoms with Gasteiger partial charge in [-0.05, 0) is 32.5 Å². The van der Waals surface area contributed by atoms with Gasteiger partial charge in [0.1, 0.15) is 0 Å². The number of carbonyl (C=O) groups excluding carboxylic acids is 2. The first-order chi connectivity index (χ1) is 11.9. The summed E-state index contributed by atoms with van der Waals surface area (Å²) in [5.74, 6) is 0.304. The summed E-state index contributed by atoms with van der Waals surface area (Å²) < 4.78 is 0. The van der Waals surface area contributed by atoms with Crippen molar-refractivity contribution in [1.29, 1.82) is 0 Å². The minimum absolute atomic E-state index is 0.00964. The molecule has 2 amide bonds. The van der Waals surface area contributed by atoms with Crippen molar-refractivity contribution in [2.75, 3.05) is 33.7 Å². The molecule has 0 spiro atoms. The molecule has 1 fully saturated rings. The number of hydrogen-bond donors (Lipinski definition) is 1. The first-order valence-electron chi connectivity index (χ1n) is 9.17. The predicted octanol–water partition coefficient (Wildman–Crippen LogP) is 2.30. The monoisotopic (exact) mass is 345 g/mol. The zero-order chi connectivity index (χ0) is 18.4. The molecule has 0 bridgehead atoms. The molecular weight excluding hydrogens is 314 g/mol. The highest BCUT2D eigenvalue weighted by atomic mass is 16.2. The molecule has 138 valence electrons. The number of amides is 2. The van der Waals surface area contributed by atoms with Crippen LogP contribution in [-0.4, -0.2) is 55.3 Å². The van der Waals surface area contributed by atoms with Gasteiger partial charge in [-0.15, -0.1) is 0 Å². The van der Waals surface area contributed by atoms with E-state index in [9.17, 15) is 9.59 Å². The van der Waals surface area contributed by atoms with E-state index in [1.807, 2.05) is 51.0 Å². The Morgan fingerprint density at radius 2 is 1.76 bits per heavy atom. The molecule has 2 rings (SSSR count). The summed E-state index contributed by atoms with van der Waals surface area (Å²) in [6, 6.07) is 10.1. The van der Waals surface area contributed by atoms with Gasteiger partial charge in [-0.25, -0.2) is 0 Å². The van der Waals surface area contributed by atoms with Gasteiger partial charge < -0.3 is 15.1 Å². The largest absolute Gasteiger partial charge is 0.348 e. The Hall–Kier alpha value is -1.88. The van der Waals surface area contributed by atoms with Crippen LogP contribution >= 0.6 is 0 Å². The smallest absolute Gasteiger partial charge is 0.225 e. The number of benzene rings is 1. The van der Waals surface area contributed by atoms with Crippen LogP contribution in [-0.2, 0) is 9.59 Å². The van der Waals surface area contributed by atoms with Gasteiger partial charge >= 0.3 is 0 Å². The van der Waals surface area contributed by atoms with Crippen molar-refractivity contribution in [2.45, 2.75) is 32.7 Å². The number of nitrogens with zero attached hydrogens (tertiary/aromatic N) is 2. The lowest BCUT2D eigenvalue weighted by Crippen LogP contribution is -2.45. The second-order valence-electron chi connectivity index (χ2n) is 7.49. The van der Waals surface area contributed by atoms with E-state index in [1.165, 1.54) is 0 Å². The lowest BCUT2D eigenvalue weighted by Gasteiger charge is -2.33. The molecule has 0 saturated carbocycles. The van der Waals surface area contributed by atoms with Crippen LogP contribution in [0.5, 0.6) is 0 Å². The minimum atomic E-state index is -0.0148. The Morgan fingerprint density at radius 1 is 1.16 bits per heavy atom. The Balaban J connectivity index is 1.94. The normalized spacial score (nSPS) is 17.0. The Morgan fingerprint density at radius 3 is 2.28 bits per heavy atom. The van der Waals surface area contributed by atoms with Crippen LogP contribution in [0.2, 0.25) is 0 Å². The van der Waals surface area contributed by atoms with E-state index < -0.39 is 0 Å². The van der Waals surface area contributed by atoms with Crippen molar-refractivity contribution in [2.24, 2.45) is 11.8 Å². The molecule has 5 heteroatoms. The highest BCUT2D eigenvalue weighted by Gasteiger charge is 2.29. The van der Waals surface area contributed by atoms with Crippen LogP contribution in [0.25, 0.3) is 0 Å². The number of likely N-dealkylation sites (tertiary alicyclic amines) is 1. The van der Waals surface area contributed by atoms with Crippen molar-refractivity contribution in [3.05, 3.63) is 35.9 Å². The van der Waals surface area contributed by atoms with Crippen molar-refractivity contribution in [1.82, 2.24) is 15.1 Å². The summed E-state index contributed by atoms with van der Waals surface area (Å²) in [6.07, 6.45) is 1.49. The van der Waals surface area contributed by atoms with Crippen LogP contribution in [0.1, 0.15) is 38.3 Å². The number of nitrogens with one attached hydrogen (secondary N) is 1. The van der Waals surface area contributed by atoms with Crippen molar-refractivity contribution >= 4 is 11.8 Å². The molecule has 1 saturated heterocycles. The number of piperidine rings is 1. The maximum absolute atomic E-state index is 12.7. The first-order valence-corrected chi connectivity index (χ1v) is 9.17. The average molecular weight is 345 g/mol. The second-order valence-corrected chi connectivity index (χ2v) is 7.49. The minimum Gasteiger partial charge on any atom is -0.348 e. The SMILES string of the molecule is CC(C)C(=O)N1CCC(C(=O)NC(CN(C)C)c2ccccc2)CC1. The topological polar surface area (TPSA) is 52.7 Å². The third-order valence-electron chi connectivity index (χ3n) is 4.74. The number of hydrogen-bond acceptors (Lipinski definition) is 3. The zero-order valence-corrected chi connectivity index (χ0v) is 15.9. The van der Waals surface area contributed by atoms with E-state index in [2.05, 4.69) is 22.3 Å². The fourth-order valence-electron chi connectivity index (χ4n) is 3.30. The van der Waals surface area contributed by atoms with Crippen molar-refractivity contribution in [3.63, 3.8) is 0 Å². The van der Waals surface area contributed by atoms with Gasteiger partial charge in [-0.3, -0.25) is 9.59 Å². The van der Waals surface area contributed by atoms with Gasteiger partial charge in [0.05, 0.1) is 6.04 Å². The van der Waals surface area contributed by atoms with E-state index in [4.69, 9.17) is 0 Å². The van der Waals surface area contributed by atoms with Gasteiger partial charge in [-0.2, -0.15) is 0 Å². The standard InChI is InChI=1S/C20H31N3O2/c1-15(2)20(25)23-12-10-17(11-13-23)19(24)21-18(14-22(3)4)16-8-6-5-7-9-16/h5-9,15,17-18H,10-14H2,1-4H3,(H,21,24). The quantitative estimate of drug-likeness (QED) is 0.861. The molecule has 1 aliphatic heterocycles. The van der Waals surface area contributed by atoms with Crippen molar-refractivity contribution in [3.8, 4) is 0 Å². The molecule has 0 aromatic heterocycles. The molecule has 0 radical (unpaired) electrons. The second kappa shape index (κ2) is 8.99. The number of rotatable bonds is 6. The summed E-state index contributed by atoms with van der Waals surface area (Å²) in [7, 11) is 4.02. The fraction of sp³-hybridized carbons (Fsp3) is 0.600. The van der Waals surface area contributed by atoms with Crippen LogP contribution in [0.3, 0.4) is 0 Å². The van der Waals surface area contributed by atoms with Crippen LogP contribution in [0.4, 0.5) is 0 Å². The Labute approximate surface area is 151 Å². The summed E-state index contributed by atoms with van der Waals surface area (Å²) in [6.45, 7) is 5.97. The van der Waals surface area contributed by atoms with E-state index in [0.29, 0.717) is 13.1 Å². The maximum atomic E-state index is 12.7. The van der Waals surface area contributed by atoms with Gasteiger partial charge in [-0.1, -0.05) is 44.2 Å². The Bertz CT molecular complexity index is 564. The van der Waals surface area contributed by atoms with Crippen LogP contribution in [0, 0.1) is 11.8 Å². The van der Waals surface area contributed by atoms with E-state index >= 15 is 0 Å². The molecule has 0 aliphatic carbocycles. The van der Waals surface area contributed by atoms with Gasteiger partial charge in [0.15, 0.2) is 0 Å². The highest BCUT2D eigenvalue weighted by Crippen LogP contribution is 2.21. The molecular formula is C20H31N3O2. The first kappa shape index (κ1) is 19.4. The van der Waals surface area contributed by atoms with Gasteiger partial charge in [0, 0.05) is 31.5 Å². The van der Waals surface area contributed by atoms with E-state index in [0.717, 1.165) is 24.9 Å². The van der Waals surface area contributed by atoms with Crippen molar-refractivity contribution < 1.29 is 9.59 Å². The van der Waals surface area contributed by atoms with E-state index in [-0.39, 0.29) is 29.7 Å². The molecule has 1 N–H and O–H groups in total. The van der Waals surface area contributed by atoms with Crippen LogP contribution in [0.15, 0.2) is 30.3 Å². The summed E-state index contributed by atoms with van der Waals surface area (Å²) in [4.78, 5) is 28.8. The molecule has 1 aliphatic rings. The fourth-order valence-corrected chi connectivity index (χ4v) is 3.30. The molecule has 1 aromatic carbocycles. The predicted molar refractivity (Wildman–Crippen MR) is 100 cm³/mol. The summed E-state index contributed by atoms with van der Waals surface area (Å²) in [5, 5.41) is 3.22. The molecule has 1 unspecified atom stereocenters. The molecule has 25 heavy (non-hydrogen) atoms. The summed E-state index contributed by atoms with van der Waals surface area (Å²) in [5.41, 5.74) is 1.12. The average Bonchev–Trinajstić information content (AvgIpc) is 2.61. The molecule has 5 nitrogen and oxygen atoms in total. The third-order valence-corrected chi connectivity index (χ3v) is 4.74. The number of likely N-dealkylation sites (N-methyl/N-ethyl adjacent to an activating group) is 1. The molecule has 1 atom stereocenters. The van der Waals surface area contributed by atoms with Gasteiger partial charge in [0.25, 0.3) is 0 Å². The Kier molecular flexibility index (Phi) is 7.00. The lowest BCUT2D eigenvalue weighted by molar-refractivity contribution is -0.138. The van der Waals surface area contributed by atoms with E-state index in [1.54, 1.807) is 0 Å². The maximum Gasteiger partial charge on any atom is 0.225 e. The number of carbonyl (C=O) groups is 2. The molecule has 1 heterocycles. The highest BCUT2D eigenvalue weighted by molar-refractivity contribution is 5.81. The lowest BCUT2D eigenvalue weighted by atomic mass is 9.94. The van der Waals surface area contributed by atoms with Crippen LogP contribution < -0.4 is 5.32 Å². The molecule has 1 aromatic rings. The third kappa shape index (κ3) is 5.56. The van der Waals surface area contributed by atoms with Gasteiger partial charge in [0.2, 0.25) is 11.8 Å².